The number of nitrogens with two attached hydrogens (primary N) is 1. The Hall–Kier alpha value is -1.95. The molecule has 0 bridgehead atoms. The van der Waals surface area contributed by atoms with Gasteiger partial charge in [0.25, 0.3) is 5.91 Å². The van der Waals surface area contributed by atoms with Gasteiger partial charge in [0.15, 0.2) is 0 Å². The first kappa shape index (κ1) is 18.1. The van der Waals surface area contributed by atoms with Gasteiger partial charge in [-0.3, -0.25) is 9.59 Å². The standard InChI is InChI=1S/C16H24FN3O2/c1-10(2)8-14(18)16(22)20-7-6-19-15(21)12-5-4-11(3)13(17)9-12/h4-5,9-10,14H,6-8,18H2,1-3H3,(H,19,21)(H,20,22)/t14-/m0/s1. The zero-order chi connectivity index (χ0) is 16.7. The third-order valence-corrected chi connectivity index (χ3v) is 3.21. The summed E-state index contributed by atoms with van der Waals surface area (Å²) in [6, 6.07) is 3.77. The van der Waals surface area contributed by atoms with Crippen LogP contribution in [-0.4, -0.2) is 30.9 Å². The molecule has 0 spiro atoms. The van der Waals surface area contributed by atoms with Gasteiger partial charge in [0.1, 0.15) is 5.82 Å². The fourth-order valence-electron chi connectivity index (χ4n) is 1.94. The van der Waals surface area contributed by atoms with E-state index in [0.717, 1.165) is 0 Å². The molecule has 2 amide bonds. The average Bonchev–Trinajstić information content (AvgIpc) is 2.45. The zero-order valence-corrected chi connectivity index (χ0v) is 13.3. The van der Waals surface area contributed by atoms with Crippen LogP contribution >= 0.6 is 0 Å². The van der Waals surface area contributed by atoms with Gasteiger partial charge in [-0.1, -0.05) is 19.9 Å². The number of amides is 2. The van der Waals surface area contributed by atoms with E-state index in [2.05, 4.69) is 10.6 Å². The summed E-state index contributed by atoms with van der Waals surface area (Å²) in [5.41, 5.74) is 6.49. The van der Waals surface area contributed by atoms with E-state index in [0.29, 0.717) is 17.9 Å². The maximum Gasteiger partial charge on any atom is 0.251 e. The molecule has 0 unspecified atom stereocenters. The number of benzene rings is 1. The molecule has 0 aromatic heterocycles. The molecule has 0 radical (unpaired) electrons. The van der Waals surface area contributed by atoms with Crippen LogP contribution in [0.25, 0.3) is 0 Å². The Balaban J connectivity index is 2.33. The normalized spacial score (nSPS) is 12.1. The lowest BCUT2D eigenvalue weighted by atomic mass is 10.0. The van der Waals surface area contributed by atoms with Gasteiger partial charge in [0.2, 0.25) is 5.91 Å². The number of aryl methyl sites for hydroxylation is 1. The second-order valence-electron chi connectivity index (χ2n) is 5.75. The summed E-state index contributed by atoms with van der Waals surface area (Å²) in [5, 5.41) is 5.28. The van der Waals surface area contributed by atoms with Gasteiger partial charge in [-0.05, 0) is 37.0 Å². The second kappa shape index (κ2) is 8.48. The van der Waals surface area contributed by atoms with E-state index < -0.39 is 11.9 Å². The average molecular weight is 309 g/mol. The van der Waals surface area contributed by atoms with E-state index in [1.807, 2.05) is 13.8 Å². The largest absolute Gasteiger partial charge is 0.353 e. The summed E-state index contributed by atoms with van der Waals surface area (Å²) in [4.78, 5) is 23.5. The minimum atomic E-state index is -0.540. The van der Waals surface area contributed by atoms with Crippen molar-refractivity contribution < 1.29 is 14.0 Å². The third kappa shape index (κ3) is 5.81. The van der Waals surface area contributed by atoms with Crippen molar-refractivity contribution in [2.75, 3.05) is 13.1 Å². The van der Waals surface area contributed by atoms with Gasteiger partial charge in [0, 0.05) is 18.7 Å². The van der Waals surface area contributed by atoms with Crippen LogP contribution in [0.4, 0.5) is 4.39 Å². The monoisotopic (exact) mass is 309 g/mol. The lowest BCUT2D eigenvalue weighted by Crippen LogP contribution is -2.44. The van der Waals surface area contributed by atoms with Crippen LogP contribution in [0, 0.1) is 18.7 Å². The van der Waals surface area contributed by atoms with E-state index >= 15 is 0 Å². The van der Waals surface area contributed by atoms with E-state index in [-0.39, 0.29) is 30.5 Å². The molecular weight excluding hydrogens is 285 g/mol. The number of nitrogens with one attached hydrogen (secondary N) is 2. The molecule has 5 nitrogen and oxygen atoms in total. The van der Waals surface area contributed by atoms with Crippen LogP contribution in [0.2, 0.25) is 0 Å². The summed E-state index contributed by atoms with van der Waals surface area (Å²) >= 11 is 0. The van der Waals surface area contributed by atoms with E-state index in [4.69, 9.17) is 5.73 Å². The van der Waals surface area contributed by atoms with Crippen molar-refractivity contribution in [3.8, 4) is 0 Å². The Labute approximate surface area is 130 Å². The third-order valence-electron chi connectivity index (χ3n) is 3.21. The number of halogens is 1. The van der Waals surface area contributed by atoms with Crippen molar-refractivity contribution in [3.05, 3.63) is 35.1 Å². The van der Waals surface area contributed by atoms with Crippen LogP contribution in [0.3, 0.4) is 0 Å². The highest BCUT2D eigenvalue weighted by atomic mass is 19.1. The molecule has 1 aromatic carbocycles. The minimum Gasteiger partial charge on any atom is -0.353 e. The van der Waals surface area contributed by atoms with Gasteiger partial charge in [0.05, 0.1) is 6.04 Å². The van der Waals surface area contributed by atoms with Crippen molar-refractivity contribution in [1.82, 2.24) is 10.6 Å². The number of hydrogen-bond donors (Lipinski definition) is 3. The number of rotatable bonds is 7. The highest BCUT2D eigenvalue weighted by Crippen LogP contribution is 2.08. The quantitative estimate of drug-likeness (QED) is 0.665. The van der Waals surface area contributed by atoms with Crippen LogP contribution in [0.5, 0.6) is 0 Å². The van der Waals surface area contributed by atoms with Gasteiger partial charge in [-0.15, -0.1) is 0 Å². The first-order valence-electron chi connectivity index (χ1n) is 7.39. The highest BCUT2D eigenvalue weighted by molar-refractivity contribution is 5.94. The molecule has 0 heterocycles. The summed E-state index contributed by atoms with van der Waals surface area (Å²) in [5.74, 6) is -0.679. The SMILES string of the molecule is Cc1ccc(C(=O)NCCNC(=O)[C@@H](N)CC(C)C)cc1F. The van der Waals surface area contributed by atoms with Crippen LogP contribution in [0.15, 0.2) is 18.2 Å². The molecule has 1 atom stereocenters. The fourth-order valence-corrected chi connectivity index (χ4v) is 1.94. The minimum absolute atomic E-state index is 0.232. The summed E-state index contributed by atoms with van der Waals surface area (Å²) in [6.45, 7) is 6.16. The molecule has 0 aliphatic carbocycles. The predicted molar refractivity (Wildman–Crippen MR) is 83.9 cm³/mol. The topological polar surface area (TPSA) is 84.2 Å². The van der Waals surface area contributed by atoms with Crippen LogP contribution < -0.4 is 16.4 Å². The molecular formula is C16H24FN3O2. The van der Waals surface area contributed by atoms with Crippen molar-refractivity contribution in [3.63, 3.8) is 0 Å². The second-order valence-corrected chi connectivity index (χ2v) is 5.75. The Morgan fingerprint density at radius 3 is 2.45 bits per heavy atom. The molecule has 1 rings (SSSR count). The molecule has 22 heavy (non-hydrogen) atoms. The molecule has 0 saturated carbocycles. The van der Waals surface area contributed by atoms with Crippen molar-refractivity contribution >= 4 is 11.8 Å². The molecule has 0 aliphatic rings. The maximum absolute atomic E-state index is 13.4. The van der Waals surface area contributed by atoms with E-state index in [1.165, 1.54) is 6.07 Å². The molecule has 0 aliphatic heterocycles. The Morgan fingerprint density at radius 2 is 1.86 bits per heavy atom. The van der Waals surface area contributed by atoms with E-state index in [9.17, 15) is 14.0 Å². The molecule has 1 aromatic rings. The van der Waals surface area contributed by atoms with Gasteiger partial charge in [-0.2, -0.15) is 0 Å². The summed E-state index contributed by atoms with van der Waals surface area (Å²) in [6.07, 6.45) is 0.612. The lowest BCUT2D eigenvalue weighted by Gasteiger charge is -2.14. The number of hydrogen-bond acceptors (Lipinski definition) is 3. The first-order chi connectivity index (χ1) is 10.3. The Kier molecular flexibility index (Phi) is 6.98. The Bertz CT molecular complexity index is 532. The zero-order valence-electron chi connectivity index (χ0n) is 13.3. The van der Waals surface area contributed by atoms with Gasteiger partial charge in [-0.25, -0.2) is 4.39 Å². The van der Waals surface area contributed by atoms with E-state index in [1.54, 1.807) is 19.1 Å². The van der Waals surface area contributed by atoms with Crippen molar-refractivity contribution in [2.24, 2.45) is 11.7 Å². The van der Waals surface area contributed by atoms with Crippen LogP contribution in [0.1, 0.15) is 36.2 Å². The predicted octanol–water partition coefficient (Wildman–Crippen LogP) is 1.35. The van der Waals surface area contributed by atoms with Gasteiger partial charge < -0.3 is 16.4 Å². The summed E-state index contributed by atoms with van der Waals surface area (Å²) in [7, 11) is 0. The molecule has 0 fully saturated rings. The number of carbonyl (C=O) groups excluding carboxylic acids is 2. The van der Waals surface area contributed by atoms with Crippen molar-refractivity contribution in [2.45, 2.75) is 33.2 Å². The van der Waals surface area contributed by atoms with Gasteiger partial charge >= 0.3 is 0 Å². The Morgan fingerprint density at radius 1 is 1.23 bits per heavy atom. The first-order valence-corrected chi connectivity index (χ1v) is 7.39. The molecule has 0 saturated heterocycles. The maximum atomic E-state index is 13.4. The van der Waals surface area contributed by atoms with Crippen molar-refractivity contribution in [1.29, 1.82) is 0 Å². The number of carbonyl (C=O) groups is 2. The highest BCUT2D eigenvalue weighted by Gasteiger charge is 2.14. The molecule has 6 heteroatoms. The molecule has 4 N–H and O–H groups in total. The van der Waals surface area contributed by atoms with Crippen LogP contribution in [-0.2, 0) is 4.79 Å². The molecule has 122 valence electrons. The lowest BCUT2D eigenvalue weighted by molar-refractivity contribution is -0.122. The fraction of sp³-hybridized carbons (Fsp3) is 0.500. The summed E-state index contributed by atoms with van der Waals surface area (Å²) < 4.78 is 13.4. The smallest absolute Gasteiger partial charge is 0.251 e.